The van der Waals surface area contributed by atoms with Crippen molar-refractivity contribution in [3.63, 3.8) is 0 Å². The fraction of sp³-hybridized carbons (Fsp3) is 0.500. The van der Waals surface area contributed by atoms with Crippen molar-refractivity contribution in [1.82, 2.24) is 10.2 Å². The molecule has 1 aromatic heterocycles. The molecule has 0 unspecified atom stereocenters. The average molecular weight is 166 g/mol. The molecule has 0 aromatic carbocycles. The van der Waals surface area contributed by atoms with E-state index in [1.54, 1.807) is 0 Å². The van der Waals surface area contributed by atoms with Gasteiger partial charge in [-0.25, -0.2) is 0 Å². The van der Waals surface area contributed by atoms with Gasteiger partial charge < -0.3 is 0 Å². The van der Waals surface area contributed by atoms with E-state index in [9.17, 15) is 0 Å². The second-order valence-corrected chi connectivity index (χ2v) is 2.16. The molecule has 2 heteroatoms. The summed E-state index contributed by atoms with van der Waals surface area (Å²) < 4.78 is 0. The standard InChI is InChI=1S/C8H12N2.C2H6/c1-3-5-7-6-9-10-8(7)4-2;1-2/h3,5-6H,4H2,1-2H3,(H,9,10);1-2H3/b5-3-;. The summed E-state index contributed by atoms with van der Waals surface area (Å²) in [5.41, 5.74) is 2.41. The van der Waals surface area contributed by atoms with Crippen LogP contribution in [0.25, 0.3) is 6.08 Å². The molecular weight excluding hydrogens is 148 g/mol. The Bertz CT molecular complexity index is 223. The van der Waals surface area contributed by atoms with Crippen molar-refractivity contribution < 1.29 is 0 Å². The summed E-state index contributed by atoms with van der Waals surface area (Å²) >= 11 is 0. The van der Waals surface area contributed by atoms with Crippen LogP contribution in [0.15, 0.2) is 12.3 Å². The van der Waals surface area contributed by atoms with Crippen molar-refractivity contribution in [2.75, 3.05) is 0 Å². The van der Waals surface area contributed by atoms with Crippen molar-refractivity contribution in [2.24, 2.45) is 0 Å². The Kier molecular flexibility index (Phi) is 6.07. The molecule has 0 saturated heterocycles. The number of allylic oxidation sites excluding steroid dienone is 1. The summed E-state index contributed by atoms with van der Waals surface area (Å²) in [7, 11) is 0. The summed E-state index contributed by atoms with van der Waals surface area (Å²) in [6.45, 7) is 8.12. The highest BCUT2D eigenvalue weighted by Crippen LogP contribution is 2.06. The Morgan fingerprint density at radius 2 is 2.17 bits per heavy atom. The van der Waals surface area contributed by atoms with Gasteiger partial charge in [-0.3, -0.25) is 5.10 Å². The Balaban J connectivity index is 0.000000561. The van der Waals surface area contributed by atoms with E-state index in [1.807, 2.05) is 33.0 Å². The fourth-order valence-electron chi connectivity index (χ4n) is 0.929. The number of nitrogens with zero attached hydrogens (tertiary/aromatic N) is 1. The molecule has 0 aliphatic heterocycles. The number of aromatic amines is 1. The zero-order valence-electron chi connectivity index (χ0n) is 8.39. The third-order valence-electron chi connectivity index (χ3n) is 1.45. The van der Waals surface area contributed by atoms with Gasteiger partial charge in [0.15, 0.2) is 0 Å². The maximum absolute atomic E-state index is 3.94. The van der Waals surface area contributed by atoms with E-state index < -0.39 is 0 Å². The molecule has 0 amide bonds. The summed E-state index contributed by atoms with van der Waals surface area (Å²) in [4.78, 5) is 0. The number of rotatable bonds is 2. The van der Waals surface area contributed by atoms with E-state index in [0.717, 1.165) is 6.42 Å². The van der Waals surface area contributed by atoms with Gasteiger partial charge in [0.05, 0.1) is 6.20 Å². The van der Waals surface area contributed by atoms with Crippen LogP contribution in [-0.2, 0) is 6.42 Å². The van der Waals surface area contributed by atoms with Crippen LogP contribution in [0.1, 0.15) is 39.0 Å². The van der Waals surface area contributed by atoms with Gasteiger partial charge in [-0.1, -0.05) is 32.9 Å². The molecule has 1 rings (SSSR count). The SMILES string of the molecule is C/C=C\c1cn[nH]c1CC.CC. The smallest absolute Gasteiger partial charge is 0.0562 e. The molecule has 1 aromatic rings. The second kappa shape index (κ2) is 6.65. The largest absolute Gasteiger partial charge is 0.282 e. The number of H-pyrrole nitrogens is 1. The van der Waals surface area contributed by atoms with Crippen LogP contribution in [0.5, 0.6) is 0 Å². The Labute approximate surface area is 74.7 Å². The van der Waals surface area contributed by atoms with Crippen molar-refractivity contribution in [1.29, 1.82) is 0 Å². The number of aromatic nitrogens is 2. The molecule has 0 radical (unpaired) electrons. The van der Waals surface area contributed by atoms with Gasteiger partial charge in [-0.05, 0) is 13.3 Å². The minimum atomic E-state index is 1.01. The fourth-order valence-corrected chi connectivity index (χ4v) is 0.929. The first kappa shape index (κ1) is 11.0. The van der Waals surface area contributed by atoms with Crippen LogP contribution in [0.3, 0.4) is 0 Å². The molecule has 0 saturated carbocycles. The maximum atomic E-state index is 3.94. The van der Waals surface area contributed by atoms with Crippen molar-refractivity contribution in [3.05, 3.63) is 23.5 Å². The van der Waals surface area contributed by atoms with Crippen LogP contribution >= 0.6 is 0 Å². The van der Waals surface area contributed by atoms with Crippen LogP contribution in [0.2, 0.25) is 0 Å². The first-order chi connectivity index (χ1) is 5.88. The van der Waals surface area contributed by atoms with Crippen molar-refractivity contribution in [2.45, 2.75) is 34.1 Å². The van der Waals surface area contributed by atoms with Gasteiger partial charge in [0.1, 0.15) is 0 Å². The van der Waals surface area contributed by atoms with E-state index in [-0.39, 0.29) is 0 Å². The van der Waals surface area contributed by atoms with Gasteiger partial charge in [0.2, 0.25) is 0 Å². The molecule has 0 fully saturated rings. The Morgan fingerprint density at radius 1 is 1.50 bits per heavy atom. The highest BCUT2D eigenvalue weighted by molar-refractivity contribution is 5.50. The van der Waals surface area contributed by atoms with Crippen molar-refractivity contribution >= 4 is 6.08 Å². The third kappa shape index (κ3) is 2.91. The zero-order valence-corrected chi connectivity index (χ0v) is 8.39. The van der Waals surface area contributed by atoms with Crippen LogP contribution in [0, 0.1) is 0 Å². The van der Waals surface area contributed by atoms with Gasteiger partial charge in [-0.15, -0.1) is 0 Å². The van der Waals surface area contributed by atoms with Gasteiger partial charge >= 0.3 is 0 Å². The molecule has 1 N–H and O–H groups in total. The van der Waals surface area contributed by atoms with Crippen LogP contribution in [-0.4, -0.2) is 10.2 Å². The van der Waals surface area contributed by atoms with Crippen molar-refractivity contribution in [3.8, 4) is 0 Å². The molecule has 12 heavy (non-hydrogen) atoms. The van der Waals surface area contributed by atoms with E-state index >= 15 is 0 Å². The molecule has 68 valence electrons. The quantitative estimate of drug-likeness (QED) is 0.718. The monoisotopic (exact) mass is 166 g/mol. The minimum absolute atomic E-state index is 1.01. The molecule has 0 aliphatic rings. The molecule has 0 bridgehead atoms. The minimum Gasteiger partial charge on any atom is -0.282 e. The topological polar surface area (TPSA) is 28.7 Å². The number of hydrogen-bond acceptors (Lipinski definition) is 1. The average Bonchev–Trinajstić information content (AvgIpc) is 2.56. The van der Waals surface area contributed by atoms with E-state index in [2.05, 4.69) is 23.2 Å². The highest BCUT2D eigenvalue weighted by Gasteiger charge is 1.96. The third-order valence-corrected chi connectivity index (χ3v) is 1.45. The molecule has 0 aliphatic carbocycles. The molecular formula is C10H18N2. The first-order valence-electron chi connectivity index (χ1n) is 4.53. The summed E-state index contributed by atoms with van der Waals surface area (Å²) in [6.07, 6.45) is 6.94. The van der Waals surface area contributed by atoms with E-state index in [0.29, 0.717) is 0 Å². The highest BCUT2D eigenvalue weighted by atomic mass is 15.1. The summed E-state index contributed by atoms with van der Waals surface area (Å²) in [5, 5.41) is 6.87. The normalized spacial score (nSPS) is 9.67. The molecule has 2 nitrogen and oxygen atoms in total. The number of hydrogen-bond donors (Lipinski definition) is 1. The molecule has 1 heterocycles. The predicted octanol–water partition coefficient (Wildman–Crippen LogP) is 3.03. The lowest BCUT2D eigenvalue weighted by Crippen LogP contribution is -1.81. The lowest BCUT2D eigenvalue weighted by atomic mass is 10.2. The van der Waals surface area contributed by atoms with E-state index in [1.165, 1.54) is 11.3 Å². The second-order valence-electron chi connectivity index (χ2n) is 2.16. The molecule has 0 atom stereocenters. The predicted molar refractivity (Wildman–Crippen MR) is 54.0 cm³/mol. The number of aryl methyl sites for hydroxylation is 1. The Hall–Kier alpha value is -1.05. The van der Waals surface area contributed by atoms with Gasteiger partial charge in [-0.2, -0.15) is 5.10 Å². The lowest BCUT2D eigenvalue weighted by molar-refractivity contribution is 0.973. The number of nitrogens with one attached hydrogen (secondary N) is 1. The lowest BCUT2D eigenvalue weighted by Gasteiger charge is -1.89. The first-order valence-corrected chi connectivity index (χ1v) is 4.53. The summed E-state index contributed by atoms with van der Waals surface area (Å²) in [6, 6.07) is 0. The zero-order chi connectivity index (χ0) is 9.40. The van der Waals surface area contributed by atoms with E-state index in [4.69, 9.17) is 0 Å². The van der Waals surface area contributed by atoms with Crippen LogP contribution in [0.4, 0.5) is 0 Å². The Morgan fingerprint density at radius 3 is 2.67 bits per heavy atom. The summed E-state index contributed by atoms with van der Waals surface area (Å²) in [5.74, 6) is 0. The van der Waals surface area contributed by atoms with Gasteiger partial charge in [0, 0.05) is 11.3 Å². The van der Waals surface area contributed by atoms with Crippen LogP contribution < -0.4 is 0 Å². The van der Waals surface area contributed by atoms with Gasteiger partial charge in [0.25, 0.3) is 0 Å². The maximum Gasteiger partial charge on any atom is 0.0562 e. The molecule has 0 spiro atoms.